The third kappa shape index (κ3) is 4.50. The summed E-state index contributed by atoms with van der Waals surface area (Å²) in [6, 6.07) is 9.88. The topological polar surface area (TPSA) is 66.8 Å². The Labute approximate surface area is 144 Å². The summed E-state index contributed by atoms with van der Waals surface area (Å²) in [6.45, 7) is 2.99. The Morgan fingerprint density at radius 1 is 1.29 bits per heavy atom. The van der Waals surface area contributed by atoms with Crippen LogP contribution in [0.2, 0.25) is 0 Å². The number of nitrogens with one attached hydrogen (secondary N) is 1. The highest BCUT2D eigenvalue weighted by molar-refractivity contribution is 7.13. The minimum absolute atomic E-state index is 0.310. The van der Waals surface area contributed by atoms with E-state index in [1.165, 1.54) is 11.3 Å². The number of benzene rings is 1. The number of anilines is 1. The number of morpholine rings is 1. The number of hydrazone groups is 1. The highest BCUT2D eigenvalue weighted by Gasteiger charge is 2.17. The molecule has 2 aromatic rings. The summed E-state index contributed by atoms with van der Waals surface area (Å²) in [5.41, 5.74) is 3.94. The fourth-order valence-corrected chi connectivity index (χ4v) is 3.04. The Kier molecular flexibility index (Phi) is 5.70. The van der Waals surface area contributed by atoms with Gasteiger partial charge in [0.25, 0.3) is 5.91 Å². The molecular formula is C17H18N4O2S. The molecule has 2 heterocycles. The maximum Gasteiger partial charge on any atom is 0.290 e. The Morgan fingerprint density at radius 3 is 2.88 bits per heavy atom. The van der Waals surface area contributed by atoms with Crippen molar-refractivity contribution in [2.45, 2.75) is 0 Å². The smallest absolute Gasteiger partial charge is 0.290 e. The number of hydrogen-bond acceptors (Lipinski definition) is 6. The number of allylic oxidation sites excluding steroid dienone is 1. The Hall–Kier alpha value is -2.51. The zero-order valence-corrected chi connectivity index (χ0v) is 13.9. The van der Waals surface area contributed by atoms with E-state index in [0.717, 1.165) is 23.8 Å². The molecule has 0 atom stereocenters. The molecule has 1 saturated heterocycles. The fourth-order valence-electron chi connectivity index (χ4n) is 2.18. The van der Waals surface area contributed by atoms with E-state index in [1.54, 1.807) is 17.7 Å². The van der Waals surface area contributed by atoms with Gasteiger partial charge >= 0.3 is 0 Å². The molecule has 124 valence electrons. The van der Waals surface area contributed by atoms with Gasteiger partial charge in [-0.25, -0.2) is 10.4 Å². The van der Waals surface area contributed by atoms with Crippen LogP contribution in [-0.4, -0.2) is 43.4 Å². The molecular weight excluding hydrogens is 324 g/mol. The molecule has 0 bridgehead atoms. The maximum atomic E-state index is 12.0. The van der Waals surface area contributed by atoms with E-state index in [9.17, 15) is 4.79 Å². The molecule has 24 heavy (non-hydrogen) atoms. The summed E-state index contributed by atoms with van der Waals surface area (Å²) < 4.78 is 5.31. The zero-order chi connectivity index (χ0) is 16.6. The highest BCUT2D eigenvalue weighted by atomic mass is 32.1. The van der Waals surface area contributed by atoms with Crippen LogP contribution in [0.4, 0.5) is 5.13 Å². The molecule has 1 aliphatic heterocycles. The average Bonchev–Trinajstić information content (AvgIpc) is 3.13. The van der Waals surface area contributed by atoms with Crippen LogP contribution in [0.25, 0.3) is 6.08 Å². The van der Waals surface area contributed by atoms with Crippen molar-refractivity contribution in [3.63, 3.8) is 0 Å². The zero-order valence-electron chi connectivity index (χ0n) is 13.1. The van der Waals surface area contributed by atoms with Crippen LogP contribution in [0.3, 0.4) is 0 Å². The molecule has 1 aromatic carbocycles. The lowest BCUT2D eigenvalue weighted by Gasteiger charge is -2.25. The van der Waals surface area contributed by atoms with Crippen molar-refractivity contribution in [3.8, 4) is 0 Å². The van der Waals surface area contributed by atoms with E-state index in [1.807, 2.05) is 36.4 Å². The van der Waals surface area contributed by atoms with Crippen molar-refractivity contribution in [1.82, 2.24) is 10.4 Å². The van der Waals surface area contributed by atoms with Crippen molar-refractivity contribution in [3.05, 3.63) is 53.0 Å². The number of thiazole rings is 1. The molecule has 1 amide bonds. The van der Waals surface area contributed by atoms with E-state index >= 15 is 0 Å². The molecule has 0 radical (unpaired) electrons. The molecule has 7 heteroatoms. The predicted octanol–water partition coefficient (Wildman–Crippen LogP) is 2.41. The lowest BCUT2D eigenvalue weighted by molar-refractivity contribution is 0.0951. The van der Waals surface area contributed by atoms with Gasteiger partial charge in [-0.1, -0.05) is 36.4 Å². The Morgan fingerprint density at radius 2 is 2.08 bits per heavy atom. The van der Waals surface area contributed by atoms with Crippen LogP contribution in [0.1, 0.15) is 16.1 Å². The first-order chi connectivity index (χ1) is 11.8. The third-order valence-corrected chi connectivity index (χ3v) is 4.32. The molecule has 1 aliphatic rings. The minimum Gasteiger partial charge on any atom is -0.378 e. The monoisotopic (exact) mass is 342 g/mol. The second kappa shape index (κ2) is 8.37. The number of rotatable bonds is 5. The van der Waals surface area contributed by atoms with Gasteiger partial charge in [0, 0.05) is 24.7 Å². The van der Waals surface area contributed by atoms with Crippen molar-refractivity contribution < 1.29 is 9.53 Å². The molecule has 1 N–H and O–H groups in total. The molecule has 3 rings (SSSR count). The van der Waals surface area contributed by atoms with Crippen molar-refractivity contribution in [2.75, 3.05) is 31.2 Å². The highest BCUT2D eigenvalue weighted by Crippen LogP contribution is 2.21. The van der Waals surface area contributed by atoms with Crippen molar-refractivity contribution in [2.24, 2.45) is 5.10 Å². The van der Waals surface area contributed by atoms with E-state index in [-0.39, 0.29) is 5.91 Å². The normalized spacial score (nSPS) is 15.2. The lowest BCUT2D eigenvalue weighted by Crippen LogP contribution is -2.36. The van der Waals surface area contributed by atoms with Gasteiger partial charge in [-0.2, -0.15) is 5.10 Å². The van der Waals surface area contributed by atoms with Crippen LogP contribution in [0, 0.1) is 0 Å². The molecule has 0 aliphatic carbocycles. The van der Waals surface area contributed by atoms with Gasteiger partial charge in [-0.3, -0.25) is 4.79 Å². The first-order valence-electron chi connectivity index (χ1n) is 7.66. The van der Waals surface area contributed by atoms with Gasteiger partial charge in [0.15, 0.2) is 5.13 Å². The Balaban J connectivity index is 1.51. The second-order valence-electron chi connectivity index (χ2n) is 5.10. The summed E-state index contributed by atoms with van der Waals surface area (Å²) in [4.78, 5) is 18.5. The molecule has 6 nitrogen and oxygen atoms in total. The van der Waals surface area contributed by atoms with Gasteiger partial charge in [0.2, 0.25) is 0 Å². The number of amides is 1. The SMILES string of the molecule is O=C(N/N=C/C=C/c1ccccc1)c1csc(N2CCOCC2)n1. The van der Waals surface area contributed by atoms with Crippen molar-refractivity contribution in [1.29, 1.82) is 0 Å². The second-order valence-corrected chi connectivity index (χ2v) is 5.94. The van der Waals surface area contributed by atoms with Crippen LogP contribution in [0.15, 0.2) is 46.9 Å². The standard InChI is InChI=1S/C17H18N4O2S/c22-16(20-18-8-4-7-14-5-2-1-3-6-14)15-13-24-17(19-15)21-9-11-23-12-10-21/h1-8,13H,9-12H2,(H,20,22)/b7-4+,18-8+. The quantitative estimate of drug-likeness (QED) is 0.669. The van der Waals surface area contributed by atoms with Crippen molar-refractivity contribution >= 4 is 34.7 Å². The van der Waals surface area contributed by atoms with Gasteiger partial charge in [0.1, 0.15) is 5.69 Å². The fraction of sp³-hybridized carbons (Fsp3) is 0.235. The molecule has 0 unspecified atom stereocenters. The van der Waals surface area contributed by atoms with Gasteiger partial charge < -0.3 is 9.64 Å². The summed E-state index contributed by atoms with van der Waals surface area (Å²) >= 11 is 1.46. The first kappa shape index (κ1) is 16.4. The largest absolute Gasteiger partial charge is 0.378 e. The molecule has 1 fully saturated rings. The molecule has 0 saturated carbocycles. The predicted molar refractivity (Wildman–Crippen MR) is 96.6 cm³/mol. The summed E-state index contributed by atoms with van der Waals surface area (Å²) in [6.07, 6.45) is 5.23. The molecule has 0 spiro atoms. The first-order valence-corrected chi connectivity index (χ1v) is 8.54. The molecule has 1 aromatic heterocycles. The van der Waals surface area contributed by atoms with Gasteiger partial charge in [-0.05, 0) is 11.6 Å². The number of ether oxygens (including phenoxy) is 1. The summed E-state index contributed by atoms with van der Waals surface area (Å²) in [5.74, 6) is -0.310. The van der Waals surface area contributed by atoms with E-state index < -0.39 is 0 Å². The van der Waals surface area contributed by atoms with E-state index in [2.05, 4.69) is 20.4 Å². The van der Waals surface area contributed by atoms with Crippen LogP contribution in [-0.2, 0) is 4.74 Å². The number of nitrogens with zero attached hydrogens (tertiary/aromatic N) is 3. The average molecular weight is 342 g/mol. The van der Waals surface area contributed by atoms with Crippen LogP contribution >= 0.6 is 11.3 Å². The maximum absolute atomic E-state index is 12.0. The number of aromatic nitrogens is 1. The van der Waals surface area contributed by atoms with E-state index in [0.29, 0.717) is 18.9 Å². The van der Waals surface area contributed by atoms with Gasteiger partial charge in [0.05, 0.1) is 13.2 Å². The number of carbonyl (C=O) groups excluding carboxylic acids is 1. The summed E-state index contributed by atoms with van der Waals surface area (Å²) in [5, 5.41) is 6.49. The minimum atomic E-state index is -0.310. The number of hydrogen-bond donors (Lipinski definition) is 1. The lowest BCUT2D eigenvalue weighted by atomic mass is 10.2. The van der Waals surface area contributed by atoms with Crippen LogP contribution < -0.4 is 10.3 Å². The van der Waals surface area contributed by atoms with Crippen LogP contribution in [0.5, 0.6) is 0 Å². The van der Waals surface area contributed by atoms with Gasteiger partial charge in [-0.15, -0.1) is 11.3 Å². The Bertz CT molecular complexity index is 721. The summed E-state index contributed by atoms with van der Waals surface area (Å²) in [7, 11) is 0. The van der Waals surface area contributed by atoms with E-state index in [4.69, 9.17) is 4.74 Å². The third-order valence-electron chi connectivity index (χ3n) is 3.42. The number of carbonyl (C=O) groups is 1.